The van der Waals surface area contributed by atoms with E-state index in [1.54, 1.807) is 30.0 Å². The highest BCUT2D eigenvalue weighted by molar-refractivity contribution is 6.42. The van der Waals surface area contributed by atoms with Crippen molar-refractivity contribution in [2.45, 2.75) is 39.7 Å². The molecule has 6 heteroatoms. The molecule has 1 atom stereocenters. The minimum atomic E-state index is -0.562. The van der Waals surface area contributed by atoms with Crippen LogP contribution in [0.4, 0.5) is 0 Å². The van der Waals surface area contributed by atoms with E-state index in [0.717, 1.165) is 11.1 Å². The molecule has 2 aromatic carbocycles. The molecule has 0 aliphatic carbocycles. The Balaban J connectivity index is 2.13. The standard InChI is InChI=1S/C23H28Cl2N2O2/c1-16(2)15-26-23(29)17(3)27(12-11-18-7-5-4-6-8-18)22(28)14-19-9-10-20(24)21(25)13-19/h4-10,13,16-17H,11-12,14-15H2,1-3H3,(H,26,29). The van der Waals surface area contributed by atoms with Crippen LogP contribution in [0.2, 0.25) is 10.0 Å². The molecule has 0 radical (unpaired) electrons. The van der Waals surface area contributed by atoms with Crippen LogP contribution >= 0.6 is 23.2 Å². The topological polar surface area (TPSA) is 49.4 Å². The second kappa shape index (κ2) is 11.2. The van der Waals surface area contributed by atoms with Gasteiger partial charge in [-0.1, -0.05) is 73.4 Å². The van der Waals surface area contributed by atoms with Crippen LogP contribution in [0.1, 0.15) is 31.9 Å². The first-order valence-electron chi connectivity index (χ1n) is 9.83. The van der Waals surface area contributed by atoms with Crippen molar-refractivity contribution in [2.75, 3.05) is 13.1 Å². The average molecular weight is 435 g/mol. The molecule has 0 spiro atoms. The number of amides is 2. The van der Waals surface area contributed by atoms with Gasteiger partial charge >= 0.3 is 0 Å². The summed E-state index contributed by atoms with van der Waals surface area (Å²) in [5.41, 5.74) is 1.89. The van der Waals surface area contributed by atoms with Crippen molar-refractivity contribution in [1.82, 2.24) is 10.2 Å². The van der Waals surface area contributed by atoms with Crippen LogP contribution in [-0.2, 0) is 22.4 Å². The number of nitrogens with one attached hydrogen (secondary N) is 1. The van der Waals surface area contributed by atoms with Gasteiger partial charge in [0.05, 0.1) is 16.5 Å². The molecule has 0 saturated carbocycles. The summed E-state index contributed by atoms with van der Waals surface area (Å²) >= 11 is 12.1. The monoisotopic (exact) mass is 434 g/mol. The Labute approximate surface area is 183 Å². The van der Waals surface area contributed by atoms with Crippen LogP contribution in [0.15, 0.2) is 48.5 Å². The molecule has 0 fully saturated rings. The largest absolute Gasteiger partial charge is 0.354 e. The summed E-state index contributed by atoms with van der Waals surface area (Å²) in [6, 6.07) is 14.5. The number of hydrogen-bond donors (Lipinski definition) is 1. The minimum Gasteiger partial charge on any atom is -0.354 e. The lowest BCUT2D eigenvalue weighted by atomic mass is 10.1. The minimum absolute atomic E-state index is 0.119. The fraction of sp³-hybridized carbons (Fsp3) is 0.391. The zero-order valence-corrected chi connectivity index (χ0v) is 18.6. The van der Waals surface area contributed by atoms with Crippen molar-refractivity contribution < 1.29 is 9.59 Å². The number of benzene rings is 2. The van der Waals surface area contributed by atoms with Gasteiger partial charge in [-0.3, -0.25) is 9.59 Å². The number of carbonyl (C=O) groups is 2. The number of carbonyl (C=O) groups excluding carboxylic acids is 2. The lowest BCUT2D eigenvalue weighted by Crippen LogP contribution is -2.49. The summed E-state index contributed by atoms with van der Waals surface area (Å²) in [6.07, 6.45) is 0.837. The number of halogens is 2. The molecule has 2 aromatic rings. The van der Waals surface area contributed by atoms with Crippen molar-refractivity contribution in [3.63, 3.8) is 0 Å². The van der Waals surface area contributed by atoms with Crippen LogP contribution in [-0.4, -0.2) is 35.8 Å². The average Bonchev–Trinajstić information content (AvgIpc) is 2.69. The van der Waals surface area contributed by atoms with Gasteiger partial charge < -0.3 is 10.2 Å². The second-order valence-electron chi connectivity index (χ2n) is 7.56. The molecule has 0 aliphatic rings. The third-order valence-corrected chi connectivity index (χ3v) is 5.41. The highest BCUT2D eigenvalue weighted by Crippen LogP contribution is 2.23. The van der Waals surface area contributed by atoms with Gasteiger partial charge in [-0.25, -0.2) is 0 Å². The third-order valence-electron chi connectivity index (χ3n) is 4.68. The van der Waals surface area contributed by atoms with Gasteiger partial charge in [-0.2, -0.15) is 0 Å². The normalized spacial score (nSPS) is 11.9. The van der Waals surface area contributed by atoms with Gasteiger partial charge in [0.15, 0.2) is 0 Å². The van der Waals surface area contributed by atoms with E-state index in [9.17, 15) is 9.59 Å². The zero-order chi connectivity index (χ0) is 21.4. The molecule has 2 rings (SSSR count). The molecular formula is C23H28Cl2N2O2. The zero-order valence-electron chi connectivity index (χ0n) is 17.1. The van der Waals surface area contributed by atoms with E-state index in [1.165, 1.54) is 0 Å². The van der Waals surface area contributed by atoms with Gasteiger partial charge in [0.25, 0.3) is 0 Å². The van der Waals surface area contributed by atoms with E-state index >= 15 is 0 Å². The summed E-state index contributed by atoms with van der Waals surface area (Å²) < 4.78 is 0. The molecule has 0 saturated heterocycles. The summed E-state index contributed by atoms with van der Waals surface area (Å²) in [6.45, 7) is 6.88. The molecule has 1 N–H and O–H groups in total. The molecular weight excluding hydrogens is 407 g/mol. The van der Waals surface area contributed by atoms with Crippen molar-refractivity contribution in [1.29, 1.82) is 0 Å². The van der Waals surface area contributed by atoms with Crippen molar-refractivity contribution in [2.24, 2.45) is 5.92 Å². The van der Waals surface area contributed by atoms with E-state index in [2.05, 4.69) is 5.32 Å². The molecule has 29 heavy (non-hydrogen) atoms. The SMILES string of the molecule is CC(C)CNC(=O)C(C)N(CCc1ccccc1)C(=O)Cc1ccc(Cl)c(Cl)c1. The fourth-order valence-corrected chi connectivity index (χ4v) is 3.27. The van der Waals surface area contributed by atoms with E-state index < -0.39 is 6.04 Å². The Bertz CT molecular complexity index is 825. The quantitative estimate of drug-likeness (QED) is 0.617. The van der Waals surface area contributed by atoms with Crippen LogP contribution in [0.3, 0.4) is 0 Å². The lowest BCUT2D eigenvalue weighted by molar-refractivity contribution is -0.139. The maximum atomic E-state index is 13.1. The number of hydrogen-bond acceptors (Lipinski definition) is 2. The van der Waals surface area contributed by atoms with Gasteiger partial charge in [0.2, 0.25) is 11.8 Å². The maximum Gasteiger partial charge on any atom is 0.242 e. The van der Waals surface area contributed by atoms with Crippen LogP contribution < -0.4 is 5.32 Å². The fourth-order valence-electron chi connectivity index (χ4n) is 2.95. The van der Waals surface area contributed by atoms with Crippen LogP contribution in [0.25, 0.3) is 0 Å². The number of rotatable bonds is 9. The van der Waals surface area contributed by atoms with Crippen LogP contribution in [0.5, 0.6) is 0 Å². The molecule has 4 nitrogen and oxygen atoms in total. The Kier molecular flexibility index (Phi) is 8.99. The summed E-state index contributed by atoms with van der Waals surface area (Å²) in [7, 11) is 0. The Morgan fingerprint density at radius 2 is 1.66 bits per heavy atom. The summed E-state index contributed by atoms with van der Waals surface area (Å²) in [5, 5.41) is 3.79. The van der Waals surface area contributed by atoms with Gasteiger partial charge in [0.1, 0.15) is 6.04 Å². The van der Waals surface area contributed by atoms with E-state index in [-0.39, 0.29) is 18.2 Å². The Hall–Kier alpha value is -2.04. The molecule has 1 unspecified atom stereocenters. The molecule has 156 valence electrons. The Morgan fingerprint density at radius 1 is 0.966 bits per heavy atom. The van der Waals surface area contributed by atoms with E-state index in [4.69, 9.17) is 23.2 Å². The highest BCUT2D eigenvalue weighted by atomic mass is 35.5. The van der Waals surface area contributed by atoms with Gasteiger partial charge in [-0.15, -0.1) is 0 Å². The summed E-state index contributed by atoms with van der Waals surface area (Å²) in [5.74, 6) is 0.0802. The smallest absolute Gasteiger partial charge is 0.242 e. The number of nitrogens with zero attached hydrogens (tertiary/aromatic N) is 1. The van der Waals surface area contributed by atoms with Gasteiger partial charge in [0, 0.05) is 13.1 Å². The van der Waals surface area contributed by atoms with Crippen molar-refractivity contribution >= 4 is 35.0 Å². The predicted octanol–water partition coefficient (Wildman–Crippen LogP) is 4.77. The van der Waals surface area contributed by atoms with E-state index in [1.807, 2.05) is 44.2 Å². The van der Waals surface area contributed by atoms with Gasteiger partial charge in [-0.05, 0) is 42.5 Å². The lowest BCUT2D eigenvalue weighted by Gasteiger charge is -2.29. The predicted molar refractivity (Wildman–Crippen MR) is 119 cm³/mol. The first-order valence-corrected chi connectivity index (χ1v) is 10.6. The van der Waals surface area contributed by atoms with Crippen LogP contribution in [0, 0.1) is 5.92 Å². The van der Waals surface area contributed by atoms with Crippen molar-refractivity contribution in [3.8, 4) is 0 Å². The molecule has 0 heterocycles. The molecule has 2 amide bonds. The molecule has 0 bridgehead atoms. The first-order chi connectivity index (χ1) is 13.8. The summed E-state index contributed by atoms with van der Waals surface area (Å²) in [4.78, 5) is 27.3. The first kappa shape index (κ1) is 23.2. The Morgan fingerprint density at radius 3 is 2.28 bits per heavy atom. The molecule has 0 aromatic heterocycles. The van der Waals surface area contributed by atoms with Crippen molar-refractivity contribution in [3.05, 3.63) is 69.7 Å². The third kappa shape index (κ3) is 7.37. The second-order valence-corrected chi connectivity index (χ2v) is 8.38. The van der Waals surface area contributed by atoms with E-state index in [0.29, 0.717) is 35.5 Å². The highest BCUT2D eigenvalue weighted by Gasteiger charge is 2.26. The molecule has 0 aliphatic heterocycles. The maximum absolute atomic E-state index is 13.1.